The van der Waals surface area contributed by atoms with E-state index in [1.165, 1.54) is 0 Å². The molecule has 104 valence electrons. The van der Waals surface area contributed by atoms with Gasteiger partial charge in [0.05, 0.1) is 0 Å². The molecular formula is C12H22N2O3S. The normalized spacial score (nSPS) is 18.9. The zero-order valence-corrected chi connectivity index (χ0v) is 12.2. The van der Waals surface area contributed by atoms with E-state index in [-0.39, 0.29) is 10.7 Å². The minimum atomic E-state index is -1.15. The van der Waals surface area contributed by atoms with Crippen molar-refractivity contribution >= 4 is 23.8 Å². The van der Waals surface area contributed by atoms with Crippen molar-refractivity contribution in [2.45, 2.75) is 43.9 Å². The number of rotatable bonds is 6. The van der Waals surface area contributed by atoms with Gasteiger partial charge in [0.2, 0.25) is 0 Å². The molecule has 0 spiro atoms. The summed E-state index contributed by atoms with van der Waals surface area (Å²) < 4.78 is -0.0590. The van der Waals surface area contributed by atoms with Crippen LogP contribution < -0.4 is 10.6 Å². The van der Waals surface area contributed by atoms with Crippen LogP contribution in [0.3, 0.4) is 0 Å². The number of carbonyl (C=O) groups is 2. The summed E-state index contributed by atoms with van der Waals surface area (Å²) in [7, 11) is 0. The van der Waals surface area contributed by atoms with Gasteiger partial charge >= 0.3 is 12.0 Å². The molecule has 1 fully saturated rings. The van der Waals surface area contributed by atoms with E-state index in [1.807, 2.05) is 20.1 Å². The highest BCUT2D eigenvalue weighted by Crippen LogP contribution is 2.39. The Balaban J connectivity index is 2.50. The van der Waals surface area contributed by atoms with Gasteiger partial charge in [0.15, 0.2) is 0 Å². The zero-order chi connectivity index (χ0) is 14.0. The molecule has 5 nitrogen and oxygen atoms in total. The Kier molecular flexibility index (Phi) is 4.53. The summed E-state index contributed by atoms with van der Waals surface area (Å²) in [5.74, 6) is -0.918. The van der Waals surface area contributed by atoms with Gasteiger partial charge < -0.3 is 15.7 Å². The molecule has 1 saturated carbocycles. The van der Waals surface area contributed by atoms with Gasteiger partial charge in [-0.3, -0.25) is 0 Å². The van der Waals surface area contributed by atoms with Gasteiger partial charge in [0.1, 0.15) is 5.54 Å². The molecule has 3 N–H and O–H groups in total. The second kappa shape index (κ2) is 5.38. The van der Waals surface area contributed by atoms with Gasteiger partial charge in [-0.05, 0) is 45.8 Å². The Bertz CT molecular complexity index is 342. The van der Waals surface area contributed by atoms with Crippen LogP contribution in [0.15, 0.2) is 0 Å². The van der Waals surface area contributed by atoms with Crippen molar-refractivity contribution in [1.29, 1.82) is 0 Å². The summed E-state index contributed by atoms with van der Waals surface area (Å²) in [6.45, 7) is 6.12. The average molecular weight is 274 g/mol. The van der Waals surface area contributed by atoms with E-state index in [2.05, 4.69) is 10.6 Å². The maximum atomic E-state index is 11.8. The molecule has 0 radical (unpaired) electrons. The van der Waals surface area contributed by atoms with Crippen LogP contribution in [0.1, 0.15) is 33.6 Å². The van der Waals surface area contributed by atoms with Crippen molar-refractivity contribution in [1.82, 2.24) is 10.6 Å². The molecule has 1 aliphatic rings. The molecule has 0 aliphatic heterocycles. The van der Waals surface area contributed by atoms with Crippen molar-refractivity contribution in [2.24, 2.45) is 5.92 Å². The molecule has 1 rings (SSSR count). The number of nitrogens with one attached hydrogen (secondary N) is 2. The molecule has 1 aliphatic carbocycles. The Morgan fingerprint density at radius 2 is 1.89 bits per heavy atom. The van der Waals surface area contributed by atoms with E-state index < -0.39 is 17.5 Å². The molecule has 0 saturated heterocycles. The van der Waals surface area contributed by atoms with E-state index in [9.17, 15) is 14.7 Å². The number of hydrogen-bond acceptors (Lipinski definition) is 3. The first-order valence-electron chi connectivity index (χ1n) is 6.06. The van der Waals surface area contributed by atoms with Crippen LogP contribution in [-0.2, 0) is 4.79 Å². The first-order valence-corrected chi connectivity index (χ1v) is 7.28. The third-order valence-corrected chi connectivity index (χ3v) is 4.69. The molecule has 18 heavy (non-hydrogen) atoms. The lowest BCUT2D eigenvalue weighted by molar-refractivity contribution is -0.144. The number of carboxylic acids is 1. The summed E-state index contributed by atoms with van der Waals surface area (Å²) >= 11 is 1.65. The standard InChI is InChI=1S/C12H22N2O3S/c1-11(2,18-4)7-13-10(17)14-12(3,9(15)16)8-5-6-8/h8H,5-7H2,1-4H3,(H,15,16)(H2,13,14,17). The first kappa shape index (κ1) is 15.1. The number of hydrogen-bond donors (Lipinski definition) is 3. The van der Waals surface area contributed by atoms with Crippen LogP contribution in [0, 0.1) is 5.92 Å². The lowest BCUT2D eigenvalue weighted by atomic mass is 9.96. The number of carboxylic acid groups (broad SMARTS) is 1. The molecule has 6 heteroatoms. The summed E-state index contributed by atoms with van der Waals surface area (Å²) in [6, 6.07) is -0.408. The minimum Gasteiger partial charge on any atom is -0.480 e. The quantitative estimate of drug-likeness (QED) is 0.688. The van der Waals surface area contributed by atoms with Gasteiger partial charge in [-0.25, -0.2) is 9.59 Å². The van der Waals surface area contributed by atoms with Crippen LogP contribution in [0.4, 0.5) is 4.79 Å². The van der Waals surface area contributed by atoms with Crippen LogP contribution in [0.25, 0.3) is 0 Å². The van der Waals surface area contributed by atoms with Crippen molar-refractivity contribution in [3.05, 3.63) is 0 Å². The topological polar surface area (TPSA) is 78.4 Å². The second-order valence-corrected chi connectivity index (χ2v) is 7.07. The zero-order valence-electron chi connectivity index (χ0n) is 11.4. The van der Waals surface area contributed by atoms with E-state index in [0.717, 1.165) is 12.8 Å². The maximum absolute atomic E-state index is 11.8. The largest absolute Gasteiger partial charge is 0.480 e. The van der Waals surface area contributed by atoms with Crippen molar-refractivity contribution in [3.8, 4) is 0 Å². The first-order chi connectivity index (χ1) is 8.21. The summed E-state index contributed by atoms with van der Waals surface area (Å²) in [5.41, 5.74) is -1.15. The highest BCUT2D eigenvalue weighted by Gasteiger charge is 2.48. The average Bonchev–Trinajstić information content (AvgIpc) is 3.10. The Labute approximate surface area is 112 Å². The molecular weight excluding hydrogens is 252 g/mol. The van der Waals surface area contributed by atoms with Crippen LogP contribution in [0.5, 0.6) is 0 Å². The fraction of sp³-hybridized carbons (Fsp3) is 0.833. The number of aliphatic carboxylic acids is 1. The fourth-order valence-corrected chi connectivity index (χ4v) is 1.85. The summed E-state index contributed by atoms with van der Waals surface area (Å²) in [4.78, 5) is 23.0. The van der Waals surface area contributed by atoms with Gasteiger partial charge in [-0.15, -0.1) is 0 Å². The highest BCUT2D eigenvalue weighted by molar-refractivity contribution is 7.99. The monoisotopic (exact) mass is 274 g/mol. The van der Waals surface area contributed by atoms with E-state index >= 15 is 0 Å². The van der Waals surface area contributed by atoms with Crippen molar-refractivity contribution < 1.29 is 14.7 Å². The molecule has 0 aromatic carbocycles. The Hall–Kier alpha value is -0.910. The van der Waals surface area contributed by atoms with Gasteiger partial charge in [0, 0.05) is 11.3 Å². The number of carbonyl (C=O) groups excluding carboxylic acids is 1. The van der Waals surface area contributed by atoms with Gasteiger partial charge in [0.25, 0.3) is 0 Å². The second-order valence-electron chi connectivity index (χ2n) is 5.55. The number of thioether (sulfide) groups is 1. The molecule has 1 atom stereocenters. The lowest BCUT2D eigenvalue weighted by Gasteiger charge is -2.28. The Morgan fingerprint density at radius 3 is 2.28 bits per heavy atom. The predicted octanol–water partition coefficient (Wildman–Crippen LogP) is 1.68. The maximum Gasteiger partial charge on any atom is 0.329 e. The fourth-order valence-electron chi connectivity index (χ4n) is 1.64. The molecule has 2 amide bonds. The highest BCUT2D eigenvalue weighted by atomic mass is 32.2. The Morgan fingerprint density at radius 1 is 1.33 bits per heavy atom. The third-order valence-electron chi connectivity index (χ3n) is 3.44. The van der Waals surface area contributed by atoms with Gasteiger partial charge in [-0.1, -0.05) is 0 Å². The van der Waals surface area contributed by atoms with Crippen LogP contribution >= 0.6 is 11.8 Å². The van der Waals surface area contributed by atoms with E-state index in [4.69, 9.17) is 0 Å². The molecule has 0 bridgehead atoms. The smallest absolute Gasteiger partial charge is 0.329 e. The molecule has 0 heterocycles. The lowest BCUT2D eigenvalue weighted by Crippen LogP contribution is -2.57. The molecule has 0 aromatic heterocycles. The van der Waals surface area contributed by atoms with Crippen LogP contribution in [0.2, 0.25) is 0 Å². The van der Waals surface area contributed by atoms with Crippen molar-refractivity contribution in [2.75, 3.05) is 12.8 Å². The minimum absolute atomic E-state index is 0.0503. The molecule has 0 aromatic rings. The predicted molar refractivity (Wildman–Crippen MR) is 72.9 cm³/mol. The molecule has 1 unspecified atom stereocenters. The van der Waals surface area contributed by atoms with E-state index in [0.29, 0.717) is 6.54 Å². The third kappa shape index (κ3) is 3.80. The number of amides is 2. The summed E-state index contributed by atoms with van der Waals surface area (Å²) in [5, 5.41) is 14.5. The number of urea groups is 1. The van der Waals surface area contributed by atoms with E-state index in [1.54, 1.807) is 18.7 Å². The van der Waals surface area contributed by atoms with Gasteiger partial charge in [-0.2, -0.15) is 11.8 Å². The summed E-state index contributed by atoms with van der Waals surface area (Å²) in [6.07, 6.45) is 3.70. The van der Waals surface area contributed by atoms with Crippen LogP contribution in [-0.4, -0.2) is 40.2 Å². The van der Waals surface area contributed by atoms with Crippen molar-refractivity contribution in [3.63, 3.8) is 0 Å². The SMILES string of the molecule is CSC(C)(C)CNC(=O)NC(C)(C(=O)O)C1CC1.